The van der Waals surface area contributed by atoms with E-state index in [1.165, 1.54) is 4.90 Å². The zero-order valence-corrected chi connectivity index (χ0v) is 16.0. The van der Waals surface area contributed by atoms with Crippen LogP contribution in [0, 0.1) is 6.92 Å². The summed E-state index contributed by atoms with van der Waals surface area (Å²) in [6.07, 6.45) is 3.06. The van der Waals surface area contributed by atoms with E-state index >= 15 is 0 Å². The van der Waals surface area contributed by atoms with Crippen molar-refractivity contribution in [1.29, 1.82) is 0 Å². The van der Waals surface area contributed by atoms with Gasteiger partial charge in [-0.05, 0) is 57.4 Å². The van der Waals surface area contributed by atoms with Crippen LogP contribution in [-0.2, 0) is 0 Å². The van der Waals surface area contributed by atoms with Gasteiger partial charge in [-0.3, -0.25) is 4.79 Å². The molecule has 2 aromatic rings. The quantitative estimate of drug-likeness (QED) is 0.792. The minimum atomic E-state index is -0.363. The van der Waals surface area contributed by atoms with Crippen molar-refractivity contribution in [2.75, 3.05) is 24.6 Å². The summed E-state index contributed by atoms with van der Waals surface area (Å²) in [4.78, 5) is 29.7. The Balaban J connectivity index is 1.99. The minimum absolute atomic E-state index is 0.269. The fourth-order valence-electron chi connectivity index (χ4n) is 3.28. The molecule has 1 aliphatic heterocycles. The zero-order valence-electron chi connectivity index (χ0n) is 16.0. The van der Waals surface area contributed by atoms with Crippen molar-refractivity contribution in [2.24, 2.45) is 0 Å². The van der Waals surface area contributed by atoms with Gasteiger partial charge in [0.1, 0.15) is 5.75 Å². The SMILES string of the molecule is CCOc1ccccc1C(=O)N(C(=O)N1CCCCC1)c1ccc(C)cc1. The molecule has 2 aromatic carbocycles. The van der Waals surface area contributed by atoms with Crippen LogP contribution in [0.5, 0.6) is 5.75 Å². The molecule has 5 nitrogen and oxygen atoms in total. The number of nitrogens with zero attached hydrogens (tertiary/aromatic N) is 2. The summed E-state index contributed by atoms with van der Waals surface area (Å²) in [6, 6.07) is 14.3. The average Bonchev–Trinajstić information content (AvgIpc) is 2.71. The fraction of sp³-hybridized carbons (Fsp3) is 0.364. The van der Waals surface area contributed by atoms with Crippen LogP contribution in [0.2, 0.25) is 0 Å². The van der Waals surface area contributed by atoms with Gasteiger partial charge < -0.3 is 9.64 Å². The molecule has 0 saturated carbocycles. The van der Waals surface area contributed by atoms with Gasteiger partial charge in [0, 0.05) is 13.1 Å². The molecule has 0 aliphatic carbocycles. The lowest BCUT2D eigenvalue weighted by Gasteiger charge is -2.32. The summed E-state index contributed by atoms with van der Waals surface area (Å²) >= 11 is 0. The maximum atomic E-state index is 13.4. The highest BCUT2D eigenvalue weighted by molar-refractivity contribution is 6.21. The molecule has 3 rings (SSSR count). The molecule has 0 N–H and O–H groups in total. The van der Waals surface area contributed by atoms with Crippen LogP contribution in [0.15, 0.2) is 48.5 Å². The second kappa shape index (κ2) is 8.71. The van der Waals surface area contributed by atoms with Crippen molar-refractivity contribution in [3.63, 3.8) is 0 Å². The number of carbonyl (C=O) groups is 2. The Bertz CT molecular complexity index is 795. The summed E-state index contributed by atoms with van der Waals surface area (Å²) in [5, 5.41) is 0. The molecule has 1 fully saturated rings. The van der Waals surface area contributed by atoms with E-state index in [0.29, 0.717) is 36.7 Å². The third kappa shape index (κ3) is 4.30. The van der Waals surface area contributed by atoms with Crippen LogP contribution >= 0.6 is 0 Å². The number of ether oxygens (including phenoxy) is 1. The molecular formula is C22H26N2O3. The van der Waals surface area contributed by atoms with E-state index in [9.17, 15) is 9.59 Å². The molecule has 0 unspecified atom stereocenters. The van der Waals surface area contributed by atoms with Crippen LogP contribution in [0.4, 0.5) is 10.5 Å². The molecule has 142 valence electrons. The van der Waals surface area contributed by atoms with Gasteiger partial charge in [-0.2, -0.15) is 0 Å². The fourth-order valence-corrected chi connectivity index (χ4v) is 3.28. The monoisotopic (exact) mass is 366 g/mol. The van der Waals surface area contributed by atoms with Crippen LogP contribution < -0.4 is 9.64 Å². The van der Waals surface area contributed by atoms with E-state index in [-0.39, 0.29) is 11.9 Å². The second-order valence-electron chi connectivity index (χ2n) is 6.74. The Hall–Kier alpha value is -2.82. The first kappa shape index (κ1) is 19.0. The van der Waals surface area contributed by atoms with E-state index in [0.717, 1.165) is 24.8 Å². The van der Waals surface area contributed by atoms with Crippen molar-refractivity contribution in [3.05, 3.63) is 59.7 Å². The van der Waals surface area contributed by atoms with Crippen molar-refractivity contribution in [2.45, 2.75) is 33.1 Å². The first-order valence-electron chi connectivity index (χ1n) is 9.53. The molecule has 3 amide bonds. The van der Waals surface area contributed by atoms with E-state index < -0.39 is 0 Å². The zero-order chi connectivity index (χ0) is 19.2. The number of piperidine rings is 1. The topological polar surface area (TPSA) is 49.9 Å². The molecule has 5 heteroatoms. The highest BCUT2D eigenvalue weighted by Gasteiger charge is 2.31. The van der Waals surface area contributed by atoms with Crippen molar-refractivity contribution in [1.82, 2.24) is 4.90 Å². The van der Waals surface area contributed by atoms with Crippen LogP contribution in [-0.4, -0.2) is 36.5 Å². The number of hydrogen-bond donors (Lipinski definition) is 0. The lowest BCUT2D eigenvalue weighted by Crippen LogP contribution is -2.48. The number of imide groups is 1. The van der Waals surface area contributed by atoms with Crippen molar-refractivity contribution < 1.29 is 14.3 Å². The van der Waals surface area contributed by atoms with E-state index in [4.69, 9.17) is 4.74 Å². The maximum Gasteiger partial charge on any atom is 0.331 e. The molecule has 27 heavy (non-hydrogen) atoms. The molecule has 1 aliphatic rings. The van der Waals surface area contributed by atoms with Gasteiger partial charge >= 0.3 is 6.03 Å². The molecule has 0 bridgehead atoms. The molecule has 1 heterocycles. The Labute approximate surface area is 160 Å². The molecule has 0 atom stereocenters. The molecular weight excluding hydrogens is 340 g/mol. The van der Waals surface area contributed by atoms with Crippen LogP contribution in [0.3, 0.4) is 0 Å². The Morgan fingerprint density at radius 3 is 2.33 bits per heavy atom. The summed E-state index contributed by atoms with van der Waals surface area (Å²) in [5.41, 5.74) is 2.05. The number of para-hydroxylation sites is 1. The summed E-state index contributed by atoms with van der Waals surface area (Å²) in [7, 11) is 0. The number of anilines is 1. The molecule has 1 saturated heterocycles. The van der Waals surface area contributed by atoms with Crippen LogP contribution in [0.1, 0.15) is 42.1 Å². The number of benzene rings is 2. The predicted molar refractivity (Wildman–Crippen MR) is 106 cm³/mol. The average molecular weight is 366 g/mol. The highest BCUT2D eigenvalue weighted by Crippen LogP contribution is 2.26. The highest BCUT2D eigenvalue weighted by atomic mass is 16.5. The van der Waals surface area contributed by atoms with Gasteiger partial charge in [0.15, 0.2) is 0 Å². The minimum Gasteiger partial charge on any atom is -0.493 e. The molecule has 0 spiro atoms. The van der Waals surface area contributed by atoms with Gasteiger partial charge in [-0.25, -0.2) is 9.69 Å². The smallest absolute Gasteiger partial charge is 0.331 e. The van der Waals surface area contributed by atoms with E-state index in [2.05, 4.69) is 0 Å². The lowest BCUT2D eigenvalue weighted by atomic mass is 10.1. The summed E-state index contributed by atoms with van der Waals surface area (Å²) in [5.74, 6) is 0.132. The standard InChI is InChI=1S/C22H26N2O3/c1-3-27-20-10-6-5-9-19(20)21(25)24(18-13-11-17(2)12-14-18)22(26)23-15-7-4-8-16-23/h5-6,9-14H,3-4,7-8,15-16H2,1-2H3. The predicted octanol–water partition coefficient (Wildman–Crippen LogP) is 4.65. The Morgan fingerprint density at radius 2 is 1.67 bits per heavy atom. The van der Waals surface area contributed by atoms with Gasteiger partial charge in [0.05, 0.1) is 17.9 Å². The van der Waals surface area contributed by atoms with Gasteiger partial charge in [0.25, 0.3) is 5.91 Å². The lowest BCUT2D eigenvalue weighted by molar-refractivity contribution is 0.0980. The maximum absolute atomic E-state index is 13.4. The van der Waals surface area contributed by atoms with E-state index in [1.54, 1.807) is 23.1 Å². The van der Waals surface area contributed by atoms with Gasteiger partial charge in [-0.1, -0.05) is 29.8 Å². The third-order valence-electron chi connectivity index (χ3n) is 4.73. The number of amides is 3. The summed E-state index contributed by atoms with van der Waals surface area (Å²) in [6.45, 7) is 5.67. The third-order valence-corrected chi connectivity index (χ3v) is 4.73. The number of hydrogen-bond acceptors (Lipinski definition) is 3. The normalized spacial score (nSPS) is 13.9. The first-order chi connectivity index (χ1) is 13.1. The van der Waals surface area contributed by atoms with Crippen molar-refractivity contribution >= 4 is 17.6 Å². The van der Waals surface area contributed by atoms with Gasteiger partial charge in [0.2, 0.25) is 0 Å². The van der Waals surface area contributed by atoms with Crippen LogP contribution in [0.25, 0.3) is 0 Å². The molecule has 0 radical (unpaired) electrons. The number of carbonyl (C=O) groups excluding carboxylic acids is 2. The van der Waals surface area contributed by atoms with Crippen molar-refractivity contribution in [3.8, 4) is 5.75 Å². The number of rotatable bonds is 4. The second-order valence-corrected chi connectivity index (χ2v) is 6.74. The largest absolute Gasteiger partial charge is 0.493 e. The number of urea groups is 1. The number of aryl methyl sites for hydroxylation is 1. The van der Waals surface area contributed by atoms with Gasteiger partial charge in [-0.15, -0.1) is 0 Å². The first-order valence-corrected chi connectivity index (χ1v) is 9.53. The Kier molecular flexibility index (Phi) is 6.12. The summed E-state index contributed by atoms with van der Waals surface area (Å²) < 4.78 is 5.62. The Morgan fingerprint density at radius 1 is 1.00 bits per heavy atom. The number of likely N-dealkylation sites (tertiary alicyclic amines) is 1. The van der Waals surface area contributed by atoms with E-state index in [1.807, 2.05) is 44.2 Å². The molecule has 0 aromatic heterocycles.